The summed E-state index contributed by atoms with van der Waals surface area (Å²) in [7, 11) is 1.42. The fraction of sp³-hybridized carbons (Fsp3) is 0.250. The smallest absolute Gasteiger partial charge is 0.481 e. The minimum Gasteiger partial charge on any atom is -0.481 e. The van der Waals surface area contributed by atoms with Crippen molar-refractivity contribution in [2.24, 2.45) is 5.73 Å². The summed E-state index contributed by atoms with van der Waals surface area (Å²) < 4.78 is 48.8. The molecule has 2 aromatic carbocycles. The number of amides is 1. The first-order chi connectivity index (χ1) is 14.5. The summed E-state index contributed by atoms with van der Waals surface area (Å²) in [5.41, 5.74) is 10.5. The molecule has 0 aliphatic heterocycles. The summed E-state index contributed by atoms with van der Waals surface area (Å²) in [4.78, 5) is 11.9. The summed E-state index contributed by atoms with van der Waals surface area (Å²) in [6.45, 7) is 1.29. The molecule has 1 atom stereocenters. The molecule has 0 saturated heterocycles. The van der Waals surface area contributed by atoms with Gasteiger partial charge in [-0.05, 0) is 48.9 Å². The Morgan fingerprint density at radius 3 is 2.55 bits per heavy atom. The predicted octanol–water partition coefficient (Wildman–Crippen LogP) is 3.11. The minimum atomic E-state index is -4.95. The van der Waals surface area contributed by atoms with Crippen LogP contribution in [0, 0.1) is 11.3 Å². The lowest BCUT2D eigenvalue weighted by Gasteiger charge is -2.25. The van der Waals surface area contributed by atoms with Crippen LogP contribution in [0.5, 0.6) is 11.6 Å². The van der Waals surface area contributed by atoms with Gasteiger partial charge in [0.2, 0.25) is 11.8 Å². The van der Waals surface area contributed by atoms with Gasteiger partial charge in [-0.2, -0.15) is 10.4 Å². The van der Waals surface area contributed by atoms with Crippen LogP contribution < -0.4 is 20.9 Å². The zero-order valence-corrected chi connectivity index (χ0v) is 16.5. The van der Waals surface area contributed by atoms with Crippen molar-refractivity contribution < 1.29 is 27.4 Å². The number of halogens is 3. The fourth-order valence-corrected chi connectivity index (χ4v) is 3.32. The van der Waals surface area contributed by atoms with Crippen LogP contribution in [0.25, 0.3) is 10.9 Å². The molecule has 0 fully saturated rings. The maximum atomic E-state index is 12.7. The second-order valence-corrected chi connectivity index (χ2v) is 7.01. The normalized spacial score (nSPS) is 13.4. The van der Waals surface area contributed by atoms with E-state index in [1.165, 1.54) is 18.7 Å². The van der Waals surface area contributed by atoms with E-state index >= 15 is 0 Å². The summed E-state index contributed by atoms with van der Waals surface area (Å²) >= 11 is 0. The highest BCUT2D eigenvalue weighted by Crippen LogP contribution is 2.36. The molecule has 1 unspecified atom stereocenters. The number of hydrogen-bond donors (Lipinski definition) is 2. The third-order valence-electron chi connectivity index (χ3n) is 4.71. The van der Waals surface area contributed by atoms with Gasteiger partial charge in [-0.25, -0.2) is 4.68 Å². The van der Waals surface area contributed by atoms with Crippen LogP contribution in [0.2, 0.25) is 0 Å². The second-order valence-electron chi connectivity index (χ2n) is 7.01. The summed E-state index contributed by atoms with van der Waals surface area (Å²) in [5.74, 6) is -1.17. The average molecular weight is 433 g/mol. The number of anilines is 1. The number of nitriles is 1. The van der Waals surface area contributed by atoms with Crippen molar-refractivity contribution in [1.82, 2.24) is 9.78 Å². The Bertz CT molecular complexity index is 1200. The van der Waals surface area contributed by atoms with E-state index in [0.29, 0.717) is 22.5 Å². The molecular formula is C20H18F3N5O3. The first kappa shape index (κ1) is 21.8. The molecular weight excluding hydrogens is 415 g/mol. The zero-order valence-electron chi connectivity index (χ0n) is 16.5. The number of nitrogens with two attached hydrogens (primary N) is 2. The first-order valence-corrected chi connectivity index (χ1v) is 8.89. The van der Waals surface area contributed by atoms with Crippen LogP contribution in [0.3, 0.4) is 0 Å². The number of hydrogen-bond acceptors (Lipinski definition) is 6. The van der Waals surface area contributed by atoms with Crippen LogP contribution in [-0.4, -0.2) is 29.2 Å². The fourth-order valence-electron chi connectivity index (χ4n) is 3.32. The molecule has 1 amide bonds. The lowest BCUT2D eigenvalue weighted by molar-refractivity contribution is -0.274. The molecule has 0 bridgehead atoms. The molecule has 31 heavy (non-hydrogen) atoms. The van der Waals surface area contributed by atoms with Crippen molar-refractivity contribution in [3.63, 3.8) is 0 Å². The molecule has 11 heteroatoms. The Morgan fingerprint density at radius 2 is 1.97 bits per heavy atom. The van der Waals surface area contributed by atoms with E-state index in [1.54, 1.807) is 18.2 Å². The molecule has 3 rings (SSSR count). The van der Waals surface area contributed by atoms with Gasteiger partial charge in [-0.1, -0.05) is 0 Å². The molecule has 1 aromatic heterocycles. The molecule has 1 heterocycles. The SMILES string of the molecule is COc1c2ccc(N)cc2nn1CC(C)(C#N)c1cc(OC(F)(F)F)ccc1C(N)=O. The van der Waals surface area contributed by atoms with Crippen molar-refractivity contribution in [3.8, 4) is 17.7 Å². The predicted molar refractivity (Wildman–Crippen MR) is 105 cm³/mol. The van der Waals surface area contributed by atoms with Crippen molar-refractivity contribution in [3.05, 3.63) is 47.5 Å². The number of ether oxygens (including phenoxy) is 2. The van der Waals surface area contributed by atoms with Crippen LogP contribution in [0.1, 0.15) is 22.8 Å². The maximum Gasteiger partial charge on any atom is 0.573 e. The number of carbonyl (C=O) groups is 1. The van der Waals surface area contributed by atoms with Gasteiger partial charge >= 0.3 is 6.36 Å². The number of rotatable bonds is 6. The highest BCUT2D eigenvalue weighted by Gasteiger charge is 2.36. The number of benzene rings is 2. The second kappa shape index (κ2) is 7.71. The van der Waals surface area contributed by atoms with E-state index in [9.17, 15) is 23.2 Å². The van der Waals surface area contributed by atoms with Gasteiger partial charge in [0, 0.05) is 11.3 Å². The van der Waals surface area contributed by atoms with Gasteiger partial charge in [-0.15, -0.1) is 13.2 Å². The van der Waals surface area contributed by atoms with Crippen LogP contribution in [-0.2, 0) is 12.0 Å². The van der Waals surface area contributed by atoms with E-state index in [1.807, 2.05) is 6.07 Å². The van der Waals surface area contributed by atoms with Crippen LogP contribution in [0.4, 0.5) is 18.9 Å². The third kappa shape index (κ3) is 4.32. The third-order valence-corrected chi connectivity index (χ3v) is 4.71. The molecule has 8 nitrogen and oxygen atoms in total. The number of nitrogen functional groups attached to an aromatic ring is 1. The van der Waals surface area contributed by atoms with E-state index in [0.717, 1.165) is 18.2 Å². The molecule has 4 N–H and O–H groups in total. The Morgan fingerprint density at radius 1 is 1.26 bits per heavy atom. The van der Waals surface area contributed by atoms with Gasteiger partial charge < -0.3 is 20.9 Å². The quantitative estimate of drug-likeness (QED) is 0.575. The first-order valence-electron chi connectivity index (χ1n) is 8.89. The number of aromatic nitrogens is 2. The number of alkyl halides is 3. The van der Waals surface area contributed by atoms with Gasteiger partial charge in [0.1, 0.15) is 5.75 Å². The van der Waals surface area contributed by atoms with Crippen molar-refractivity contribution in [2.75, 3.05) is 12.8 Å². The number of methoxy groups -OCH3 is 1. The van der Waals surface area contributed by atoms with Gasteiger partial charge in [0.25, 0.3) is 0 Å². The van der Waals surface area contributed by atoms with Crippen molar-refractivity contribution >= 4 is 22.5 Å². The van der Waals surface area contributed by atoms with E-state index in [4.69, 9.17) is 16.2 Å². The largest absolute Gasteiger partial charge is 0.573 e. The number of primary amides is 1. The lowest BCUT2D eigenvalue weighted by Crippen LogP contribution is -2.31. The Kier molecular flexibility index (Phi) is 5.42. The van der Waals surface area contributed by atoms with E-state index < -0.39 is 23.4 Å². The average Bonchev–Trinajstić information content (AvgIpc) is 3.01. The molecule has 0 radical (unpaired) electrons. The topological polar surface area (TPSA) is 129 Å². The summed E-state index contributed by atoms with van der Waals surface area (Å²) in [5, 5.41) is 15.0. The van der Waals surface area contributed by atoms with Crippen LogP contribution >= 0.6 is 0 Å². The number of nitrogens with zero attached hydrogens (tertiary/aromatic N) is 3. The van der Waals surface area contributed by atoms with Gasteiger partial charge in [0.05, 0.1) is 36.0 Å². The van der Waals surface area contributed by atoms with E-state index in [2.05, 4.69) is 9.84 Å². The molecule has 0 spiro atoms. The summed E-state index contributed by atoms with van der Waals surface area (Å²) in [6, 6.07) is 10.0. The van der Waals surface area contributed by atoms with Gasteiger partial charge in [-0.3, -0.25) is 4.79 Å². The standard InChI is InChI=1S/C20H18F3N5O3/c1-19(9-24,10-28-18(30-2)14-5-3-11(25)7-16(14)27-28)15-8-12(31-20(21,22)23)4-6-13(15)17(26)29/h3-8H,10,25H2,1-2H3,(H2,26,29). The zero-order chi connectivity index (χ0) is 23.0. The Balaban J connectivity index is 2.14. The number of carbonyl (C=O) groups excluding carboxylic acids is 1. The summed E-state index contributed by atoms with van der Waals surface area (Å²) in [6.07, 6.45) is -4.95. The van der Waals surface area contributed by atoms with Crippen LogP contribution in [0.15, 0.2) is 36.4 Å². The maximum absolute atomic E-state index is 12.7. The molecule has 3 aromatic rings. The molecule has 0 aliphatic rings. The van der Waals surface area contributed by atoms with Crippen molar-refractivity contribution in [1.29, 1.82) is 5.26 Å². The molecule has 0 aliphatic carbocycles. The monoisotopic (exact) mass is 433 g/mol. The lowest BCUT2D eigenvalue weighted by atomic mass is 9.80. The Hall–Kier alpha value is -3.94. The Labute approximate surface area is 174 Å². The van der Waals surface area contributed by atoms with Crippen molar-refractivity contribution in [2.45, 2.75) is 25.2 Å². The van der Waals surface area contributed by atoms with Gasteiger partial charge in [0.15, 0.2) is 0 Å². The highest BCUT2D eigenvalue weighted by molar-refractivity contribution is 5.95. The molecule has 162 valence electrons. The molecule has 0 saturated carbocycles. The number of fused-ring (bicyclic) bond motifs is 1. The highest BCUT2D eigenvalue weighted by atomic mass is 19.4. The minimum absolute atomic E-state index is 0.0367. The van der Waals surface area contributed by atoms with E-state index in [-0.39, 0.29) is 17.7 Å².